The Hall–Kier alpha value is -2.57. The van der Waals surface area contributed by atoms with Crippen LogP contribution in [0, 0.1) is 5.92 Å². The monoisotopic (exact) mass is 346 g/mol. The summed E-state index contributed by atoms with van der Waals surface area (Å²) in [5, 5.41) is 11.4. The fraction of sp³-hybridized carbons (Fsp3) is 0.500. The van der Waals surface area contributed by atoms with Crippen molar-refractivity contribution in [1.29, 1.82) is 0 Å². The molecule has 0 aromatic heterocycles. The van der Waals surface area contributed by atoms with Gasteiger partial charge in [0.15, 0.2) is 6.61 Å². The molecule has 1 atom stereocenters. The molecule has 1 saturated heterocycles. The number of hydrogen-bond donors (Lipinski definition) is 2. The summed E-state index contributed by atoms with van der Waals surface area (Å²) in [6.45, 7) is 0.0371. The third-order valence-corrected chi connectivity index (χ3v) is 4.76. The van der Waals surface area contributed by atoms with Crippen LogP contribution in [-0.2, 0) is 14.4 Å². The number of amides is 2. The number of ether oxygens (including phenoxy) is 1. The maximum absolute atomic E-state index is 12.5. The van der Waals surface area contributed by atoms with Gasteiger partial charge in [0.05, 0.1) is 5.92 Å². The van der Waals surface area contributed by atoms with Crippen molar-refractivity contribution in [2.75, 3.05) is 18.5 Å². The highest BCUT2D eigenvalue weighted by Crippen LogP contribution is 2.30. The number of anilines is 1. The molecule has 134 valence electrons. The highest BCUT2D eigenvalue weighted by Gasteiger charge is 2.38. The van der Waals surface area contributed by atoms with Crippen LogP contribution in [0.4, 0.5) is 5.69 Å². The molecule has 2 amide bonds. The average molecular weight is 346 g/mol. The van der Waals surface area contributed by atoms with E-state index in [0.717, 1.165) is 25.7 Å². The second kappa shape index (κ2) is 7.55. The molecule has 0 bridgehead atoms. The summed E-state index contributed by atoms with van der Waals surface area (Å²) in [5.41, 5.74) is 0.527. The molecule has 1 aromatic carbocycles. The van der Waals surface area contributed by atoms with Crippen LogP contribution >= 0.6 is 0 Å². The third-order valence-electron chi connectivity index (χ3n) is 4.76. The Labute approximate surface area is 146 Å². The molecule has 1 heterocycles. The van der Waals surface area contributed by atoms with Crippen molar-refractivity contribution in [1.82, 2.24) is 4.90 Å². The van der Waals surface area contributed by atoms with E-state index in [4.69, 9.17) is 9.84 Å². The molecular weight excluding hydrogens is 324 g/mol. The lowest BCUT2D eigenvalue weighted by molar-refractivity contribution is -0.139. The lowest BCUT2D eigenvalue weighted by Crippen LogP contribution is -2.35. The van der Waals surface area contributed by atoms with Gasteiger partial charge in [-0.1, -0.05) is 18.9 Å². The Balaban J connectivity index is 1.58. The molecule has 7 nitrogen and oxygen atoms in total. The summed E-state index contributed by atoms with van der Waals surface area (Å²) < 4.78 is 5.10. The minimum absolute atomic E-state index is 0.0607. The first kappa shape index (κ1) is 17.3. The van der Waals surface area contributed by atoms with Gasteiger partial charge in [0.1, 0.15) is 5.75 Å². The minimum Gasteiger partial charge on any atom is -0.482 e. The van der Waals surface area contributed by atoms with E-state index in [9.17, 15) is 14.4 Å². The van der Waals surface area contributed by atoms with E-state index < -0.39 is 12.6 Å². The summed E-state index contributed by atoms with van der Waals surface area (Å²) in [4.78, 5) is 37.1. The first-order valence-electron chi connectivity index (χ1n) is 8.58. The second-order valence-electron chi connectivity index (χ2n) is 6.58. The van der Waals surface area contributed by atoms with Gasteiger partial charge >= 0.3 is 5.97 Å². The number of carboxylic acid groups (broad SMARTS) is 1. The summed E-state index contributed by atoms with van der Waals surface area (Å²) in [7, 11) is 0. The van der Waals surface area contributed by atoms with Crippen molar-refractivity contribution < 1.29 is 24.2 Å². The van der Waals surface area contributed by atoms with Crippen LogP contribution in [0.5, 0.6) is 5.75 Å². The molecule has 2 N–H and O–H groups in total. The van der Waals surface area contributed by atoms with Crippen molar-refractivity contribution in [2.45, 2.75) is 38.1 Å². The quantitative estimate of drug-likeness (QED) is 0.820. The lowest BCUT2D eigenvalue weighted by Gasteiger charge is -2.23. The summed E-state index contributed by atoms with van der Waals surface area (Å²) >= 11 is 0. The molecule has 1 saturated carbocycles. The number of aliphatic carboxylic acids is 1. The van der Waals surface area contributed by atoms with E-state index in [2.05, 4.69) is 5.32 Å². The number of likely N-dealkylation sites (tertiary alicyclic amines) is 1. The van der Waals surface area contributed by atoms with Crippen LogP contribution in [0.1, 0.15) is 32.1 Å². The molecule has 1 aromatic rings. The highest BCUT2D eigenvalue weighted by molar-refractivity contribution is 5.97. The topological polar surface area (TPSA) is 95.9 Å². The average Bonchev–Trinajstić information content (AvgIpc) is 3.22. The van der Waals surface area contributed by atoms with Crippen LogP contribution in [-0.4, -0.2) is 47.0 Å². The van der Waals surface area contributed by atoms with E-state index >= 15 is 0 Å². The summed E-state index contributed by atoms with van der Waals surface area (Å²) in [5.74, 6) is -1.17. The van der Waals surface area contributed by atoms with Crippen LogP contribution in [0.3, 0.4) is 0 Å². The van der Waals surface area contributed by atoms with Gasteiger partial charge in [-0.15, -0.1) is 0 Å². The zero-order chi connectivity index (χ0) is 17.8. The zero-order valence-corrected chi connectivity index (χ0v) is 13.9. The Morgan fingerprint density at radius 3 is 2.76 bits per heavy atom. The lowest BCUT2D eigenvalue weighted by atomic mass is 10.1. The van der Waals surface area contributed by atoms with Gasteiger partial charge in [-0.25, -0.2) is 4.79 Å². The number of carbonyl (C=O) groups is 3. The molecule has 7 heteroatoms. The van der Waals surface area contributed by atoms with Crippen molar-refractivity contribution in [2.24, 2.45) is 5.92 Å². The predicted octanol–water partition coefficient (Wildman–Crippen LogP) is 1.88. The second-order valence-corrected chi connectivity index (χ2v) is 6.58. The Kier molecular flexibility index (Phi) is 5.21. The van der Waals surface area contributed by atoms with Crippen molar-refractivity contribution in [3.8, 4) is 5.75 Å². The van der Waals surface area contributed by atoms with E-state index in [0.29, 0.717) is 18.0 Å². The SMILES string of the molecule is O=C(O)COc1cccc(NC(=O)C2CC(=O)N(C3CCCC3)C2)c1. The summed E-state index contributed by atoms with van der Waals surface area (Å²) in [6, 6.07) is 6.87. The smallest absolute Gasteiger partial charge is 0.341 e. The van der Waals surface area contributed by atoms with Gasteiger partial charge in [0.25, 0.3) is 0 Å². The minimum atomic E-state index is -1.06. The molecule has 0 radical (unpaired) electrons. The van der Waals surface area contributed by atoms with Gasteiger partial charge < -0.3 is 20.1 Å². The fourth-order valence-corrected chi connectivity index (χ4v) is 3.53. The summed E-state index contributed by atoms with van der Waals surface area (Å²) in [6.07, 6.45) is 4.60. The number of rotatable bonds is 6. The molecule has 0 spiro atoms. The first-order chi connectivity index (χ1) is 12.0. The molecule has 1 unspecified atom stereocenters. The molecular formula is C18H22N2O5. The van der Waals surface area contributed by atoms with E-state index in [1.807, 2.05) is 4.90 Å². The van der Waals surface area contributed by atoms with Gasteiger partial charge in [-0.2, -0.15) is 0 Å². The standard InChI is InChI=1S/C18H22N2O5/c21-16-8-12(10-20(16)14-5-1-2-6-14)18(24)19-13-4-3-7-15(9-13)25-11-17(22)23/h3-4,7,9,12,14H,1-2,5-6,8,10-11H2,(H,19,24)(H,22,23). The Morgan fingerprint density at radius 1 is 1.28 bits per heavy atom. The van der Waals surface area contributed by atoms with Gasteiger partial charge in [0, 0.05) is 30.8 Å². The van der Waals surface area contributed by atoms with E-state index in [-0.39, 0.29) is 30.2 Å². The van der Waals surface area contributed by atoms with Gasteiger partial charge in [-0.05, 0) is 25.0 Å². The van der Waals surface area contributed by atoms with Crippen molar-refractivity contribution >= 4 is 23.5 Å². The van der Waals surface area contributed by atoms with Crippen molar-refractivity contribution in [3.63, 3.8) is 0 Å². The molecule has 25 heavy (non-hydrogen) atoms. The number of benzene rings is 1. The zero-order valence-electron chi connectivity index (χ0n) is 13.9. The normalized spacial score (nSPS) is 20.7. The molecule has 2 fully saturated rings. The maximum Gasteiger partial charge on any atom is 0.341 e. The van der Waals surface area contributed by atoms with Crippen molar-refractivity contribution in [3.05, 3.63) is 24.3 Å². The first-order valence-corrected chi connectivity index (χ1v) is 8.58. The molecule has 1 aliphatic carbocycles. The Morgan fingerprint density at radius 2 is 2.04 bits per heavy atom. The number of carbonyl (C=O) groups excluding carboxylic acids is 2. The number of carboxylic acids is 1. The number of nitrogens with zero attached hydrogens (tertiary/aromatic N) is 1. The Bertz CT molecular complexity index is 669. The highest BCUT2D eigenvalue weighted by atomic mass is 16.5. The third kappa shape index (κ3) is 4.29. The fourth-order valence-electron chi connectivity index (χ4n) is 3.53. The largest absolute Gasteiger partial charge is 0.482 e. The molecule has 2 aliphatic rings. The molecule has 1 aliphatic heterocycles. The van der Waals surface area contributed by atoms with E-state index in [1.54, 1.807) is 24.3 Å². The van der Waals surface area contributed by atoms with Crippen LogP contribution in [0.2, 0.25) is 0 Å². The molecule has 3 rings (SSSR count). The maximum atomic E-state index is 12.5. The number of nitrogens with one attached hydrogen (secondary N) is 1. The van der Waals surface area contributed by atoms with Gasteiger partial charge in [-0.3, -0.25) is 9.59 Å². The van der Waals surface area contributed by atoms with Gasteiger partial charge in [0.2, 0.25) is 11.8 Å². The predicted molar refractivity (Wildman–Crippen MR) is 90.3 cm³/mol. The van der Waals surface area contributed by atoms with Crippen LogP contribution in [0.15, 0.2) is 24.3 Å². The van der Waals surface area contributed by atoms with Crippen LogP contribution < -0.4 is 10.1 Å². The number of hydrogen-bond acceptors (Lipinski definition) is 4. The van der Waals surface area contributed by atoms with E-state index in [1.165, 1.54) is 0 Å². The van der Waals surface area contributed by atoms with Crippen LogP contribution in [0.25, 0.3) is 0 Å².